The van der Waals surface area contributed by atoms with Crippen molar-refractivity contribution in [2.24, 2.45) is 5.92 Å². The van der Waals surface area contributed by atoms with E-state index in [-0.39, 0.29) is 11.8 Å². The molecule has 0 aromatic carbocycles. The van der Waals surface area contributed by atoms with Crippen LogP contribution in [0.2, 0.25) is 0 Å². The zero-order chi connectivity index (χ0) is 14.1. The summed E-state index contributed by atoms with van der Waals surface area (Å²) < 4.78 is 0. The molecule has 1 N–H and O–H groups in total. The molecule has 1 unspecified atom stereocenters. The Hall–Kier alpha value is -1.36. The molecule has 5 heteroatoms. The first kappa shape index (κ1) is 13.6. The molecule has 2 heterocycles. The molecule has 2 atom stereocenters. The number of hydrogen-bond donors (Lipinski definition) is 1. The lowest BCUT2D eigenvalue weighted by Gasteiger charge is -2.34. The predicted octanol–water partition coefficient (Wildman–Crippen LogP) is 2.49. The van der Waals surface area contributed by atoms with Crippen molar-refractivity contribution in [1.29, 1.82) is 0 Å². The zero-order valence-electron chi connectivity index (χ0n) is 11.4. The van der Waals surface area contributed by atoms with Crippen LogP contribution in [0.15, 0.2) is 11.4 Å². The molecule has 1 fully saturated rings. The first-order chi connectivity index (χ1) is 9.66. The number of amides is 1. The molecule has 0 saturated carbocycles. The van der Waals surface area contributed by atoms with Gasteiger partial charge in [-0.3, -0.25) is 9.59 Å². The van der Waals surface area contributed by atoms with E-state index in [0.717, 1.165) is 25.7 Å². The third-order valence-corrected chi connectivity index (χ3v) is 5.43. The van der Waals surface area contributed by atoms with Crippen LogP contribution in [0.1, 0.15) is 42.0 Å². The fourth-order valence-corrected chi connectivity index (χ4v) is 4.33. The van der Waals surface area contributed by atoms with Crippen LogP contribution in [0, 0.1) is 5.92 Å². The van der Waals surface area contributed by atoms with Crippen LogP contribution < -0.4 is 0 Å². The molecule has 1 saturated heterocycles. The molecule has 1 amide bonds. The van der Waals surface area contributed by atoms with Gasteiger partial charge in [0, 0.05) is 18.0 Å². The number of carboxylic acid groups (broad SMARTS) is 1. The molecule has 2 aliphatic rings. The van der Waals surface area contributed by atoms with Gasteiger partial charge in [0.1, 0.15) is 0 Å². The normalized spacial score (nSPS) is 26.1. The van der Waals surface area contributed by atoms with Crippen molar-refractivity contribution in [3.8, 4) is 0 Å². The highest BCUT2D eigenvalue weighted by Crippen LogP contribution is 2.36. The zero-order valence-corrected chi connectivity index (χ0v) is 12.2. The summed E-state index contributed by atoms with van der Waals surface area (Å²) in [4.78, 5) is 27.0. The minimum Gasteiger partial charge on any atom is -0.481 e. The standard InChI is InChI=1S/C15H19NO3S/c17-14(16-7-2-3-10(9-16)15(18)19)12-4-1-5-13-11(12)6-8-20-13/h6,8,10,12H,1-5,7,9H2,(H,18,19)/t10-,12?/m1/s1. The number of rotatable bonds is 2. The third-order valence-electron chi connectivity index (χ3n) is 4.43. The minimum absolute atomic E-state index is 0.0439. The van der Waals surface area contributed by atoms with Crippen LogP contribution >= 0.6 is 11.3 Å². The molecule has 3 rings (SSSR count). The molecule has 0 radical (unpaired) electrons. The van der Waals surface area contributed by atoms with Gasteiger partial charge in [-0.05, 0) is 49.1 Å². The average molecular weight is 293 g/mol. The largest absolute Gasteiger partial charge is 0.481 e. The second-order valence-electron chi connectivity index (χ2n) is 5.71. The third kappa shape index (κ3) is 2.46. The van der Waals surface area contributed by atoms with Crippen molar-refractivity contribution < 1.29 is 14.7 Å². The van der Waals surface area contributed by atoms with Gasteiger partial charge in [-0.1, -0.05) is 0 Å². The van der Waals surface area contributed by atoms with E-state index in [1.54, 1.807) is 16.2 Å². The highest BCUT2D eigenvalue weighted by Gasteiger charge is 2.34. The van der Waals surface area contributed by atoms with Gasteiger partial charge in [0.05, 0.1) is 11.8 Å². The molecule has 0 spiro atoms. The van der Waals surface area contributed by atoms with E-state index in [4.69, 9.17) is 5.11 Å². The minimum atomic E-state index is -0.776. The molecule has 1 aromatic heterocycles. The Bertz CT molecular complexity index is 525. The van der Waals surface area contributed by atoms with Gasteiger partial charge in [-0.2, -0.15) is 0 Å². The molecular formula is C15H19NO3S. The van der Waals surface area contributed by atoms with Gasteiger partial charge in [-0.15, -0.1) is 11.3 Å². The summed E-state index contributed by atoms with van der Waals surface area (Å²) in [6, 6.07) is 2.07. The van der Waals surface area contributed by atoms with Crippen molar-refractivity contribution >= 4 is 23.2 Å². The Kier molecular flexibility index (Phi) is 3.78. The molecular weight excluding hydrogens is 274 g/mol. The summed E-state index contributed by atoms with van der Waals surface area (Å²) in [5.41, 5.74) is 1.18. The van der Waals surface area contributed by atoms with Crippen LogP contribution in [0.3, 0.4) is 0 Å². The van der Waals surface area contributed by atoms with Crippen LogP contribution in [-0.4, -0.2) is 35.0 Å². The fraction of sp³-hybridized carbons (Fsp3) is 0.600. The second-order valence-corrected chi connectivity index (χ2v) is 6.71. The number of thiophene rings is 1. The van der Waals surface area contributed by atoms with Crippen LogP contribution in [0.4, 0.5) is 0 Å². The van der Waals surface area contributed by atoms with E-state index < -0.39 is 11.9 Å². The predicted molar refractivity (Wildman–Crippen MR) is 76.9 cm³/mol. The van der Waals surface area contributed by atoms with Crippen molar-refractivity contribution in [2.45, 2.75) is 38.0 Å². The summed E-state index contributed by atoms with van der Waals surface area (Å²) in [6.07, 6.45) is 4.52. The summed E-state index contributed by atoms with van der Waals surface area (Å²) >= 11 is 1.73. The smallest absolute Gasteiger partial charge is 0.308 e. The van der Waals surface area contributed by atoms with Gasteiger partial charge in [-0.25, -0.2) is 0 Å². The quantitative estimate of drug-likeness (QED) is 0.911. The molecule has 1 aliphatic heterocycles. The number of fused-ring (bicyclic) bond motifs is 1. The van der Waals surface area contributed by atoms with Crippen molar-refractivity contribution in [2.75, 3.05) is 13.1 Å². The van der Waals surface area contributed by atoms with Crippen molar-refractivity contribution in [3.05, 3.63) is 21.9 Å². The van der Waals surface area contributed by atoms with Crippen molar-refractivity contribution in [1.82, 2.24) is 4.90 Å². The van der Waals surface area contributed by atoms with Gasteiger partial charge in [0.15, 0.2) is 0 Å². The van der Waals surface area contributed by atoms with Gasteiger partial charge in [0.2, 0.25) is 5.91 Å². The lowest BCUT2D eigenvalue weighted by Crippen LogP contribution is -2.44. The van der Waals surface area contributed by atoms with Gasteiger partial charge >= 0.3 is 5.97 Å². The Balaban J connectivity index is 1.75. The van der Waals surface area contributed by atoms with Crippen LogP contribution in [-0.2, 0) is 16.0 Å². The number of likely N-dealkylation sites (tertiary alicyclic amines) is 1. The van der Waals surface area contributed by atoms with E-state index in [0.29, 0.717) is 19.5 Å². The number of carboxylic acids is 1. The molecule has 20 heavy (non-hydrogen) atoms. The Labute approximate surface area is 122 Å². The van der Waals surface area contributed by atoms with E-state index >= 15 is 0 Å². The SMILES string of the molecule is O=C(O)[C@@H]1CCCN(C(=O)C2CCCc3sccc32)C1. The summed E-state index contributed by atoms with van der Waals surface area (Å²) in [5, 5.41) is 11.2. The van der Waals surface area contributed by atoms with E-state index in [9.17, 15) is 9.59 Å². The Morgan fingerprint density at radius 3 is 2.95 bits per heavy atom. The highest BCUT2D eigenvalue weighted by molar-refractivity contribution is 7.10. The maximum Gasteiger partial charge on any atom is 0.308 e. The topological polar surface area (TPSA) is 57.6 Å². The van der Waals surface area contributed by atoms with Crippen molar-refractivity contribution in [3.63, 3.8) is 0 Å². The highest BCUT2D eigenvalue weighted by atomic mass is 32.1. The maximum absolute atomic E-state index is 12.7. The van der Waals surface area contributed by atoms with Gasteiger partial charge in [0.25, 0.3) is 0 Å². The molecule has 108 valence electrons. The molecule has 1 aliphatic carbocycles. The number of carbonyl (C=O) groups excluding carboxylic acids is 1. The van der Waals surface area contributed by atoms with E-state index in [1.807, 2.05) is 0 Å². The fourth-order valence-electron chi connectivity index (χ4n) is 3.34. The monoisotopic (exact) mass is 293 g/mol. The van der Waals surface area contributed by atoms with Crippen LogP contribution in [0.5, 0.6) is 0 Å². The Morgan fingerprint density at radius 1 is 1.30 bits per heavy atom. The first-order valence-corrected chi connectivity index (χ1v) is 8.12. The lowest BCUT2D eigenvalue weighted by molar-refractivity contribution is -0.146. The van der Waals surface area contributed by atoms with E-state index in [1.165, 1.54) is 10.4 Å². The molecule has 0 bridgehead atoms. The number of aliphatic carboxylic acids is 1. The molecule has 1 aromatic rings. The Morgan fingerprint density at radius 2 is 2.15 bits per heavy atom. The summed E-state index contributed by atoms with van der Waals surface area (Å²) in [5.74, 6) is -1.08. The summed E-state index contributed by atoms with van der Waals surface area (Å²) in [6.45, 7) is 1.09. The number of nitrogens with zero attached hydrogens (tertiary/aromatic N) is 1. The maximum atomic E-state index is 12.7. The van der Waals surface area contributed by atoms with Crippen LogP contribution in [0.25, 0.3) is 0 Å². The molecule has 4 nitrogen and oxygen atoms in total. The number of carbonyl (C=O) groups is 2. The van der Waals surface area contributed by atoms with Gasteiger partial charge < -0.3 is 10.0 Å². The number of piperidine rings is 1. The first-order valence-electron chi connectivity index (χ1n) is 7.24. The lowest BCUT2D eigenvalue weighted by atomic mass is 9.86. The number of hydrogen-bond acceptors (Lipinski definition) is 3. The summed E-state index contributed by atoms with van der Waals surface area (Å²) in [7, 11) is 0. The average Bonchev–Trinajstić information content (AvgIpc) is 2.95. The second kappa shape index (κ2) is 5.56. The van der Waals surface area contributed by atoms with E-state index in [2.05, 4.69) is 11.4 Å². The number of aryl methyl sites for hydroxylation is 1.